The Kier molecular flexibility index (Phi) is 4.82. The van der Waals surface area contributed by atoms with E-state index in [1.165, 1.54) is 43.9 Å². The average molecular weight is 435 g/mol. The Balaban J connectivity index is 1.27. The number of nitro groups is 1. The summed E-state index contributed by atoms with van der Waals surface area (Å²) in [5, 5.41) is 12.0. The molecule has 4 atom stereocenters. The molecule has 4 aliphatic rings. The van der Waals surface area contributed by atoms with Crippen molar-refractivity contribution in [3.05, 3.63) is 52.2 Å². The predicted molar refractivity (Wildman–Crippen MR) is 122 cm³/mol. The Morgan fingerprint density at radius 3 is 2.94 bits per heavy atom. The van der Waals surface area contributed by atoms with Gasteiger partial charge >= 0.3 is 0 Å². The highest BCUT2D eigenvalue weighted by atomic mass is 16.6. The Morgan fingerprint density at radius 2 is 2.06 bits per heavy atom. The molecule has 7 heteroatoms. The third kappa shape index (κ3) is 3.17. The summed E-state index contributed by atoms with van der Waals surface area (Å²) in [6.07, 6.45) is 11.7. The maximum Gasteiger partial charge on any atom is 0.278 e. The molecule has 2 aromatic rings. The van der Waals surface area contributed by atoms with E-state index in [-0.39, 0.29) is 29.1 Å². The van der Waals surface area contributed by atoms with Gasteiger partial charge in [-0.15, -0.1) is 0 Å². The number of fused-ring (bicyclic) bond motifs is 7. The standard InChI is InChI=1S/C25H30N4O3/c30-24(16-27-12-9-20-22(27)7-3-8-23(20)29(31)32)28-11-4-5-17-13-18-14-19(25(17)28)15-26-10-2-1-6-21(18)26/h3,7-9,12-13,18-19,21,25H,1-2,4-6,10-11,14-16H2/t18-,19-,21-,25-/m0/s1. The van der Waals surface area contributed by atoms with E-state index in [0.717, 1.165) is 31.4 Å². The van der Waals surface area contributed by atoms with E-state index in [1.807, 2.05) is 16.8 Å². The first-order valence-electron chi connectivity index (χ1n) is 12.1. The molecule has 3 saturated heterocycles. The first kappa shape index (κ1) is 20.0. The molecular weight excluding hydrogens is 404 g/mol. The molecule has 7 nitrogen and oxygen atoms in total. The van der Waals surface area contributed by atoms with Crippen LogP contribution in [0.4, 0.5) is 5.69 Å². The Labute approximate surface area is 187 Å². The molecule has 32 heavy (non-hydrogen) atoms. The van der Waals surface area contributed by atoms with E-state index in [2.05, 4.69) is 15.9 Å². The molecule has 0 unspecified atom stereocenters. The zero-order valence-corrected chi connectivity index (χ0v) is 18.4. The third-order valence-electron chi connectivity index (χ3n) is 8.27. The minimum Gasteiger partial charge on any atom is -0.338 e. The van der Waals surface area contributed by atoms with Gasteiger partial charge in [-0.2, -0.15) is 0 Å². The summed E-state index contributed by atoms with van der Waals surface area (Å²) in [6.45, 7) is 3.36. The van der Waals surface area contributed by atoms with Crippen LogP contribution in [0.1, 0.15) is 38.5 Å². The molecule has 0 spiro atoms. The topological polar surface area (TPSA) is 71.6 Å². The van der Waals surface area contributed by atoms with Crippen LogP contribution in [0.25, 0.3) is 10.9 Å². The maximum absolute atomic E-state index is 13.6. The summed E-state index contributed by atoms with van der Waals surface area (Å²) in [6, 6.07) is 7.77. The Hall–Kier alpha value is -2.67. The SMILES string of the molecule is O=C(Cn1ccc2c([N+](=O)[O-])cccc21)N1CCCC2=C[C@H]3C[C@@H](CN4CCCC[C@@H]34)[C@H]21. The van der Waals surface area contributed by atoms with Gasteiger partial charge in [0.15, 0.2) is 0 Å². The lowest BCUT2D eigenvalue weighted by Gasteiger charge is -2.54. The van der Waals surface area contributed by atoms with Gasteiger partial charge in [0.05, 0.1) is 21.9 Å². The van der Waals surface area contributed by atoms with Crippen LogP contribution in [0.2, 0.25) is 0 Å². The number of nitrogens with zero attached hydrogens (tertiary/aromatic N) is 4. The van der Waals surface area contributed by atoms with Crippen LogP contribution < -0.4 is 0 Å². The molecule has 1 amide bonds. The van der Waals surface area contributed by atoms with Gasteiger partial charge in [0, 0.05) is 31.4 Å². The molecular formula is C25H30N4O3. The zero-order chi connectivity index (χ0) is 21.8. The van der Waals surface area contributed by atoms with Crippen LogP contribution in [0, 0.1) is 22.0 Å². The van der Waals surface area contributed by atoms with E-state index in [0.29, 0.717) is 23.3 Å². The second kappa shape index (κ2) is 7.73. The smallest absolute Gasteiger partial charge is 0.278 e. The largest absolute Gasteiger partial charge is 0.338 e. The normalized spacial score (nSPS) is 29.9. The molecule has 1 aromatic heterocycles. The van der Waals surface area contributed by atoms with E-state index < -0.39 is 0 Å². The third-order valence-corrected chi connectivity index (χ3v) is 8.27. The number of hydrogen-bond acceptors (Lipinski definition) is 4. The minimum atomic E-state index is -0.356. The number of nitro benzene ring substituents is 1. The quantitative estimate of drug-likeness (QED) is 0.416. The lowest BCUT2D eigenvalue weighted by atomic mass is 9.68. The van der Waals surface area contributed by atoms with Crippen LogP contribution in [-0.2, 0) is 11.3 Å². The highest BCUT2D eigenvalue weighted by molar-refractivity contribution is 5.90. The number of likely N-dealkylation sites (tertiary alicyclic amines) is 1. The van der Waals surface area contributed by atoms with Gasteiger partial charge in [-0.1, -0.05) is 24.1 Å². The number of carbonyl (C=O) groups excluding carboxylic acids is 1. The van der Waals surface area contributed by atoms with Gasteiger partial charge in [0.2, 0.25) is 5.91 Å². The van der Waals surface area contributed by atoms with Crippen LogP contribution >= 0.6 is 0 Å². The molecule has 0 N–H and O–H groups in total. The lowest BCUT2D eigenvalue weighted by molar-refractivity contribution is -0.383. The maximum atomic E-state index is 13.6. The van der Waals surface area contributed by atoms with Crippen molar-refractivity contribution in [3.63, 3.8) is 0 Å². The summed E-state index contributed by atoms with van der Waals surface area (Å²) < 4.78 is 1.87. The second-order valence-corrected chi connectivity index (χ2v) is 10.0. The molecule has 1 aliphatic carbocycles. The summed E-state index contributed by atoms with van der Waals surface area (Å²) in [5.74, 6) is 1.31. The van der Waals surface area contributed by atoms with E-state index in [1.54, 1.807) is 12.1 Å². The van der Waals surface area contributed by atoms with Crippen LogP contribution in [0.5, 0.6) is 0 Å². The number of benzene rings is 1. The van der Waals surface area contributed by atoms with E-state index >= 15 is 0 Å². The van der Waals surface area contributed by atoms with Gasteiger partial charge in [-0.25, -0.2) is 0 Å². The molecule has 3 fully saturated rings. The van der Waals surface area contributed by atoms with Gasteiger partial charge in [0.1, 0.15) is 6.54 Å². The van der Waals surface area contributed by atoms with E-state index in [9.17, 15) is 14.9 Å². The lowest BCUT2D eigenvalue weighted by Crippen LogP contribution is -2.60. The van der Waals surface area contributed by atoms with Crippen molar-refractivity contribution in [2.75, 3.05) is 19.6 Å². The van der Waals surface area contributed by atoms with Crippen molar-refractivity contribution in [1.82, 2.24) is 14.4 Å². The Morgan fingerprint density at radius 1 is 1.16 bits per heavy atom. The number of amides is 1. The number of non-ortho nitro benzene ring substituents is 1. The molecule has 1 aromatic carbocycles. The molecule has 0 radical (unpaired) electrons. The fourth-order valence-corrected chi connectivity index (χ4v) is 6.99. The number of aromatic nitrogens is 1. The summed E-state index contributed by atoms with van der Waals surface area (Å²) >= 11 is 0. The van der Waals surface area contributed by atoms with Gasteiger partial charge in [-0.05, 0) is 62.6 Å². The van der Waals surface area contributed by atoms with Gasteiger partial charge in [0.25, 0.3) is 5.69 Å². The van der Waals surface area contributed by atoms with Gasteiger partial charge < -0.3 is 9.47 Å². The fraction of sp³-hybridized carbons (Fsp3) is 0.560. The summed E-state index contributed by atoms with van der Waals surface area (Å²) in [7, 11) is 0. The molecule has 0 saturated carbocycles. The van der Waals surface area contributed by atoms with Crippen molar-refractivity contribution >= 4 is 22.5 Å². The van der Waals surface area contributed by atoms with Crippen LogP contribution in [0.3, 0.4) is 0 Å². The average Bonchev–Trinajstić information content (AvgIpc) is 3.21. The first-order valence-corrected chi connectivity index (χ1v) is 12.1. The van der Waals surface area contributed by atoms with Gasteiger partial charge in [-0.3, -0.25) is 19.8 Å². The Bertz CT molecular complexity index is 1110. The summed E-state index contributed by atoms with van der Waals surface area (Å²) in [4.78, 5) is 29.4. The number of piperidine rings is 3. The van der Waals surface area contributed by atoms with Crippen molar-refractivity contribution in [3.8, 4) is 0 Å². The van der Waals surface area contributed by atoms with Crippen LogP contribution in [-0.4, -0.2) is 56.9 Å². The number of rotatable bonds is 3. The van der Waals surface area contributed by atoms with Crippen molar-refractivity contribution in [2.24, 2.45) is 11.8 Å². The number of hydrogen-bond donors (Lipinski definition) is 0. The predicted octanol–water partition coefficient (Wildman–Crippen LogP) is 3.97. The molecule has 168 valence electrons. The monoisotopic (exact) mass is 434 g/mol. The zero-order valence-electron chi connectivity index (χ0n) is 18.4. The van der Waals surface area contributed by atoms with Crippen molar-refractivity contribution < 1.29 is 9.72 Å². The van der Waals surface area contributed by atoms with Crippen molar-refractivity contribution in [2.45, 2.75) is 57.2 Å². The molecule has 3 aliphatic heterocycles. The molecule has 6 rings (SSSR count). The van der Waals surface area contributed by atoms with Crippen LogP contribution in [0.15, 0.2) is 42.1 Å². The summed E-state index contributed by atoms with van der Waals surface area (Å²) in [5.41, 5.74) is 2.33. The minimum absolute atomic E-state index is 0.0912. The van der Waals surface area contributed by atoms with E-state index in [4.69, 9.17) is 0 Å². The number of carbonyl (C=O) groups is 1. The highest BCUT2D eigenvalue weighted by Gasteiger charge is 2.46. The second-order valence-electron chi connectivity index (χ2n) is 10.0. The molecule has 2 bridgehead atoms. The molecule has 4 heterocycles. The highest BCUT2D eigenvalue weighted by Crippen LogP contribution is 2.45. The van der Waals surface area contributed by atoms with Crippen molar-refractivity contribution in [1.29, 1.82) is 0 Å². The first-order chi connectivity index (χ1) is 15.6. The fourth-order valence-electron chi connectivity index (χ4n) is 6.99.